The van der Waals surface area contributed by atoms with Crippen LogP contribution in [0.4, 0.5) is 18.4 Å². The van der Waals surface area contributed by atoms with Crippen molar-refractivity contribution in [1.29, 1.82) is 0 Å². The van der Waals surface area contributed by atoms with E-state index < -0.39 is 28.5 Å². The van der Waals surface area contributed by atoms with E-state index >= 15 is 0 Å². The summed E-state index contributed by atoms with van der Waals surface area (Å²) in [5, 5.41) is 10.5. The van der Waals surface area contributed by atoms with Gasteiger partial charge in [0, 0.05) is 6.42 Å². The summed E-state index contributed by atoms with van der Waals surface area (Å²) in [4.78, 5) is 21.9. The highest BCUT2D eigenvalue weighted by molar-refractivity contribution is 8.14. The highest BCUT2D eigenvalue weighted by Crippen LogP contribution is 2.28. The Kier molecular flexibility index (Phi) is 7.04. The van der Waals surface area contributed by atoms with Gasteiger partial charge in [0.25, 0.3) is 0 Å². The van der Waals surface area contributed by atoms with Gasteiger partial charge in [-0.25, -0.2) is 9.59 Å². The van der Waals surface area contributed by atoms with Crippen LogP contribution in [-0.4, -0.2) is 33.6 Å². The van der Waals surface area contributed by atoms with Gasteiger partial charge >= 0.3 is 18.0 Å². The van der Waals surface area contributed by atoms with E-state index in [0.717, 1.165) is 0 Å². The number of rotatable bonds is 6. The first-order valence-electron chi connectivity index (χ1n) is 7.35. The monoisotopic (exact) mass is 377 g/mol. The van der Waals surface area contributed by atoms with Crippen molar-refractivity contribution in [2.24, 2.45) is 0 Å². The molecule has 0 heterocycles. The minimum atomic E-state index is -2.92. The first-order valence-corrected chi connectivity index (χ1v) is 8.17. The number of hydrogen-bond donors (Lipinski definition) is 2. The summed E-state index contributed by atoms with van der Waals surface area (Å²) in [6, 6.07) is 5.74. The second-order valence-corrected chi connectivity index (χ2v) is 7.88. The lowest BCUT2D eigenvalue weighted by atomic mass is 10.1. The summed E-state index contributed by atoms with van der Waals surface area (Å²) < 4.78 is 33.7. The Hall–Kier alpha value is -2.03. The Labute approximate surface area is 148 Å². The molecule has 0 aliphatic rings. The first-order chi connectivity index (χ1) is 11.4. The number of ether oxygens (including phenoxy) is 2. The molecule has 0 saturated carbocycles. The Morgan fingerprint density at radius 1 is 1.20 bits per heavy atom. The molecule has 1 aromatic carbocycles. The first kappa shape index (κ1) is 21.0. The molecule has 25 heavy (non-hydrogen) atoms. The highest BCUT2D eigenvalue weighted by Gasteiger charge is 2.32. The summed E-state index contributed by atoms with van der Waals surface area (Å²) in [5.41, 5.74) is -0.0958. The highest BCUT2D eigenvalue weighted by atomic mass is 32.2. The predicted octanol–water partition coefficient (Wildman–Crippen LogP) is 4.48. The Bertz CT molecular complexity index is 604. The summed E-state index contributed by atoms with van der Waals surface area (Å²) in [6.45, 7) is 3.69. The average molecular weight is 377 g/mol. The second kappa shape index (κ2) is 8.37. The average Bonchev–Trinajstić information content (AvgIpc) is 2.36. The van der Waals surface area contributed by atoms with Gasteiger partial charge in [-0.3, -0.25) is 0 Å². The molecule has 1 amide bonds. The molecule has 6 nitrogen and oxygen atoms in total. The van der Waals surface area contributed by atoms with Crippen molar-refractivity contribution in [3.05, 3.63) is 29.8 Å². The maximum Gasteiger partial charge on any atom is 0.408 e. The smallest absolute Gasteiger partial charge is 0.408 e. The minimum Gasteiger partial charge on any atom is -0.473 e. The zero-order valence-electron chi connectivity index (χ0n) is 14.3. The number of thioether (sulfide) groups is 1. The standard InChI is InChI=1S/C16H21F2NO5S/c1-15(2,3)24-13(20)19-16(4,25-14(21)22)9-10-5-7-11(8-6-10)23-12(17)18/h5-8,12H,9H2,1-4H3,(H,19,20)(H,21,22)/t16-/m0/s1. The van der Waals surface area contributed by atoms with Crippen molar-refractivity contribution in [2.45, 2.75) is 51.2 Å². The molecule has 1 atom stereocenters. The fourth-order valence-electron chi connectivity index (χ4n) is 2.00. The van der Waals surface area contributed by atoms with Gasteiger partial charge in [-0.15, -0.1) is 0 Å². The van der Waals surface area contributed by atoms with Crippen LogP contribution in [-0.2, 0) is 11.2 Å². The lowest BCUT2D eigenvalue weighted by Crippen LogP contribution is -2.47. The number of halogens is 2. The van der Waals surface area contributed by atoms with Crippen LogP contribution in [0.2, 0.25) is 0 Å². The van der Waals surface area contributed by atoms with Gasteiger partial charge in [0.15, 0.2) is 0 Å². The molecule has 0 aliphatic carbocycles. The molecule has 1 aromatic rings. The summed E-state index contributed by atoms with van der Waals surface area (Å²) in [6.07, 6.45) is -0.612. The number of carboxylic acid groups (broad SMARTS) is 1. The molecule has 2 N–H and O–H groups in total. The van der Waals surface area contributed by atoms with E-state index in [9.17, 15) is 18.4 Å². The Balaban J connectivity index is 2.87. The predicted molar refractivity (Wildman–Crippen MR) is 90.2 cm³/mol. The topological polar surface area (TPSA) is 84.9 Å². The third-order valence-electron chi connectivity index (χ3n) is 2.77. The molecule has 0 spiro atoms. The molecule has 0 unspecified atom stereocenters. The van der Waals surface area contributed by atoms with Gasteiger partial charge in [0.1, 0.15) is 16.2 Å². The van der Waals surface area contributed by atoms with Crippen molar-refractivity contribution in [2.75, 3.05) is 0 Å². The van der Waals surface area contributed by atoms with Crippen molar-refractivity contribution >= 4 is 23.2 Å². The lowest BCUT2D eigenvalue weighted by molar-refractivity contribution is -0.0498. The molecular weight excluding hydrogens is 356 g/mol. The van der Waals surface area contributed by atoms with Gasteiger partial charge in [0.05, 0.1) is 0 Å². The number of alkyl carbamates (subject to hydrolysis) is 1. The number of alkyl halides is 2. The zero-order chi connectivity index (χ0) is 19.3. The van der Waals surface area contributed by atoms with Crippen LogP contribution in [0.5, 0.6) is 5.75 Å². The SMILES string of the molecule is CC(C)(C)OC(=O)N[C@](C)(Cc1ccc(OC(F)F)cc1)SC(=O)O. The molecule has 0 bridgehead atoms. The normalized spacial score (nSPS) is 13.9. The zero-order valence-corrected chi connectivity index (χ0v) is 15.2. The van der Waals surface area contributed by atoms with Gasteiger partial charge < -0.3 is 19.9 Å². The molecular formula is C16H21F2NO5S. The van der Waals surface area contributed by atoms with Crippen molar-refractivity contribution in [3.8, 4) is 5.75 Å². The van der Waals surface area contributed by atoms with Crippen LogP contribution in [0.15, 0.2) is 24.3 Å². The Morgan fingerprint density at radius 2 is 1.76 bits per heavy atom. The molecule has 0 saturated heterocycles. The van der Waals surface area contributed by atoms with Gasteiger partial charge in [-0.1, -0.05) is 12.1 Å². The Morgan fingerprint density at radius 3 is 2.20 bits per heavy atom. The fraction of sp³-hybridized carbons (Fsp3) is 0.500. The number of carbonyl (C=O) groups excluding carboxylic acids is 1. The fourth-order valence-corrected chi connectivity index (χ4v) is 2.75. The van der Waals surface area contributed by atoms with E-state index in [0.29, 0.717) is 17.3 Å². The van der Waals surface area contributed by atoms with Crippen molar-refractivity contribution in [3.63, 3.8) is 0 Å². The summed E-state index contributed by atoms with van der Waals surface area (Å²) in [7, 11) is 0. The number of nitrogens with one attached hydrogen (secondary N) is 1. The maximum absolute atomic E-state index is 12.2. The third-order valence-corrected chi connectivity index (χ3v) is 3.64. The van der Waals surface area contributed by atoms with Crippen LogP contribution in [0.3, 0.4) is 0 Å². The number of benzene rings is 1. The van der Waals surface area contributed by atoms with Crippen LogP contribution < -0.4 is 10.1 Å². The molecule has 0 radical (unpaired) electrons. The molecule has 140 valence electrons. The van der Waals surface area contributed by atoms with Crippen LogP contribution in [0, 0.1) is 0 Å². The molecule has 1 rings (SSSR count). The number of carbonyl (C=O) groups is 2. The van der Waals surface area contributed by atoms with Gasteiger partial charge in [0.2, 0.25) is 0 Å². The van der Waals surface area contributed by atoms with Crippen LogP contribution in [0.25, 0.3) is 0 Å². The molecule has 9 heteroatoms. The van der Waals surface area contributed by atoms with E-state index in [4.69, 9.17) is 9.84 Å². The number of amides is 1. The summed E-state index contributed by atoms with van der Waals surface area (Å²) >= 11 is 0.519. The minimum absolute atomic E-state index is 0.00792. The van der Waals surface area contributed by atoms with Crippen molar-refractivity contribution < 1.29 is 33.0 Å². The second-order valence-electron chi connectivity index (χ2n) is 6.42. The van der Waals surface area contributed by atoms with Gasteiger partial charge in [-0.05, 0) is 57.2 Å². The molecule has 0 aliphatic heterocycles. The van der Waals surface area contributed by atoms with Crippen LogP contribution in [0.1, 0.15) is 33.3 Å². The molecule has 0 fully saturated rings. The van der Waals surface area contributed by atoms with Crippen molar-refractivity contribution in [1.82, 2.24) is 5.32 Å². The molecule has 0 aromatic heterocycles. The largest absolute Gasteiger partial charge is 0.473 e. The summed E-state index contributed by atoms with van der Waals surface area (Å²) in [5.74, 6) is -0.00792. The van der Waals surface area contributed by atoms with E-state index in [1.807, 2.05) is 0 Å². The van der Waals surface area contributed by atoms with E-state index in [2.05, 4.69) is 10.1 Å². The van der Waals surface area contributed by atoms with E-state index in [-0.39, 0.29) is 12.2 Å². The number of hydrogen-bond acceptors (Lipinski definition) is 5. The quantitative estimate of drug-likeness (QED) is 0.711. The van der Waals surface area contributed by atoms with Gasteiger partial charge in [-0.2, -0.15) is 8.78 Å². The van der Waals surface area contributed by atoms with E-state index in [1.165, 1.54) is 24.3 Å². The lowest BCUT2D eigenvalue weighted by Gasteiger charge is -2.30. The van der Waals surface area contributed by atoms with E-state index in [1.54, 1.807) is 27.7 Å². The van der Waals surface area contributed by atoms with Crippen LogP contribution >= 0.6 is 11.8 Å². The third kappa shape index (κ3) is 8.57. The maximum atomic E-state index is 12.2.